The van der Waals surface area contributed by atoms with E-state index in [1.165, 1.54) is 0 Å². The fourth-order valence-electron chi connectivity index (χ4n) is 0.592. The van der Waals surface area contributed by atoms with Gasteiger partial charge in [0.05, 0.1) is 6.10 Å². The van der Waals surface area contributed by atoms with Crippen LogP contribution in [0.5, 0.6) is 0 Å². The van der Waals surface area contributed by atoms with E-state index in [-0.39, 0.29) is 6.10 Å². The van der Waals surface area contributed by atoms with Crippen LogP contribution in [0.3, 0.4) is 0 Å². The van der Waals surface area contributed by atoms with Crippen molar-refractivity contribution in [2.75, 3.05) is 0 Å². The quantitative estimate of drug-likeness (QED) is 0.455. The average molecular weight is 138 g/mol. The summed E-state index contributed by atoms with van der Waals surface area (Å²) in [6.45, 7) is 3.88. The van der Waals surface area contributed by atoms with Crippen molar-refractivity contribution in [1.82, 2.24) is 0 Å². The second-order valence-corrected chi connectivity index (χ2v) is 2.00. The number of aliphatic hydroxyl groups excluding tert-OH is 1. The van der Waals surface area contributed by atoms with Gasteiger partial charge in [-0.15, -0.1) is 11.8 Å². The topological polar surface area (TPSA) is 20.2 Å². The van der Waals surface area contributed by atoms with Crippen LogP contribution in [0.1, 0.15) is 26.7 Å². The molecule has 0 bridgehead atoms. The van der Waals surface area contributed by atoms with Crippen LogP contribution in [-0.4, -0.2) is 11.2 Å². The normalized spacial score (nSPS) is 12.7. The average Bonchev–Trinajstić information content (AvgIpc) is 1.89. The minimum absolute atomic E-state index is 0.385. The third kappa shape index (κ3) is 5.40. The molecule has 0 aromatic heterocycles. The third-order valence-corrected chi connectivity index (χ3v) is 1.03. The molecule has 0 spiro atoms. The third-order valence-electron chi connectivity index (χ3n) is 1.03. The fourth-order valence-corrected chi connectivity index (χ4v) is 0.592. The van der Waals surface area contributed by atoms with Gasteiger partial charge in [0.15, 0.2) is 0 Å². The molecule has 0 aliphatic rings. The number of allylic oxidation sites excluding steroid dienone is 1. The smallest absolute Gasteiger partial charge is 0.0830 e. The number of aliphatic hydroxyl groups is 1. The van der Waals surface area contributed by atoms with Gasteiger partial charge in [0.2, 0.25) is 0 Å². The fraction of sp³-hybridized carbons (Fsp3) is 0.556. The maximum atomic E-state index is 9.09. The van der Waals surface area contributed by atoms with Crippen molar-refractivity contribution in [3.63, 3.8) is 0 Å². The molecule has 0 rings (SSSR count). The molecule has 0 saturated heterocycles. The highest BCUT2D eigenvalue weighted by Gasteiger charge is 1.91. The van der Waals surface area contributed by atoms with Crippen LogP contribution in [0.4, 0.5) is 0 Å². The molecule has 10 heavy (non-hydrogen) atoms. The van der Waals surface area contributed by atoms with Gasteiger partial charge in [0, 0.05) is 12.8 Å². The summed E-state index contributed by atoms with van der Waals surface area (Å²) < 4.78 is 0. The zero-order chi connectivity index (χ0) is 7.82. The van der Waals surface area contributed by atoms with Crippen molar-refractivity contribution in [3.8, 4) is 11.8 Å². The standard InChI is InChI=1S/C9H14O/c1-3-5-6-8-9(10)7-4-2/h4,7,9-10H,3,8H2,1-2H3/b7-4+/t9-/m1/s1. The van der Waals surface area contributed by atoms with E-state index in [2.05, 4.69) is 11.8 Å². The van der Waals surface area contributed by atoms with Crippen LogP contribution in [0.2, 0.25) is 0 Å². The summed E-state index contributed by atoms with van der Waals surface area (Å²) in [5.74, 6) is 5.76. The largest absolute Gasteiger partial charge is 0.388 e. The van der Waals surface area contributed by atoms with E-state index in [0.29, 0.717) is 6.42 Å². The predicted molar refractivity (Wildman–Crippen MR) is 43.5 cm³/mol. The molecule has 1 heteroatoms. The van der Waals surface area contributed by atoms with Crippen LogP contribution in [0.25, 0.3) is 0 Å². The van der Waals surface area contributed by atoms with Crippen LogP contribution in [-0.2, 0) is 0 Å². The SMILES string of the molecule is C/C=C/[C@@H](O)CC#CCC. The maximum absolute atomic E-state index is 9.09. The molecular weight excluding hydrogens is 124 g/mol. The molecule has 0 unspecified atom stereocenters. The minimum Gasteiger partial charge on any atom is -0.388 e. The lowest BCUT2D eigenvalue weighted by Gasteiger charge is -1.95. The molecule has 0 aromatic rings. The summed E-state index contributed by atoms with van der Waals surface area (Å²) in [6.07, 6.45) is 4.60. The van der Waals surface area contributed by atoms with E-state index in [4.69, 9.17) is 5.11 Å². The Labute approximate surface area is 62.8 Å². The van der Waals surface area contributed by atoms with Crippen LogP contribution < -0.4 is 0 Å². The van der Waals surface area contributed by atoms with Crippen molar-refractivity contribution in [1.29, 1.82) is 0 Å². The Kier molecular flexibility index (Phi) is 5.91. The van der Waals surface area contributed by atoms with Gasteiger partial charge in [0.1, 0.15) is 0 Å². The van der Waals surface area contributed by atoms with Crippen LogP contribution in [0, 0.1) is 11.8 Å². The molecule has 0 aliphatic heterocycles. The zero-order valence-corrected chi connectivity index (χ0v) is 6.59. The molecule has 0 saturated carbocycles. The molecule has 0 aliphatic carbocycles. The summed E-state index contributed by atoms with van der Waals surface area (Å²) in [7, 11) is 0. The molecule has 1 N–H and O–H groups in total. The van der Waals surface area contributed by atoms with E-state index < -0.39 is 0 Å². The van der Waals surface area contributed by atoms with Gasteiger partial charge < -0.3 is 5.11 Å². The number of hydrogen-bond donors (Lipinski definition) is 1. The highest BCUT2D eigenvalue weighted by atomic mass is 16.3. The number of hydrogen-bond acceptors (Lipinski definition) is 1. The Morgan fingerprint density at radius 3 is 2.70 bits per heavy atom. The lowest BCUT2D eigenvalue weighted by Crippen LogP contribution is -1.98. The van der Waals surface area contributed by atoms with Gasteiger partial charge in [-0.2, -0.15) is 0 Å². The van der Waals surface area contributed by atoms with Crippen molar-refractivity contribution in [3.05, 3.63) is 12.2 Å². The van der Waals surface area contributed by atoms with E-state index in [1.54, 1.807) is 6.08 Å². The van der Waals surface area contributed by atoms with E-state index in [0.717, 1.165) is 6.42 Å². The van der Waals surface area contributed by atoms with E-state index in [1.807, 2.05) is 19.9 Å². The molecule has 0 aromatic carbocycles. The summed E-state index contributed by atoms with van der Waals surface area (Å²) in [4.78, 5) is 0. The van der Waals surface area contributed by atoms with Gasteiger partial charge in [-0.05, 0) is 6.92 Å². The first-order valence-corrected chi connectivity index (χ1v) is 3.57. The molecular formula is C9H14O. The molecule has 1 atom stereocenters. The highest BCUT2D eigenvalue weighted by molar-refractivity contribution is 5.02. The van der Waals surface area contributed by atoms with Crippen molar-refractivity contribution in [2.24, 2.45) is 0 Å². The monoisotopic (exact) mass is 138 g/mol. The van der Waals surface area contributed by atoms with Crippen LogP contribution >= 0.6 is 0 Å². The first kappa shape index (κ1) is 9.26. The molecule has 1 nitrogen and oxygen atoms in total. The van der Waals surface area contributed by atoms with Gasteiger partial charge in [-0.1, -0.05) is 19.1 Å². The Morgan fingerprint density at radius 2 is 2.20 bits per heavy atom. The summed E-state index contributed by atoms with van der Waals surface area (Å²) in [5, 5.41) is 9.09. The van der Waals surface area contributed by atoms with Gasteiger partial charge in [-0.3, -0.25) is 0 Å². The first-order chi connectivity index (χ1) is 4.81. The van der Waals surface area contributed by atoms with E-state index in [9.17, 15) is 0 Å². The molecule has 0 heterocycles. The molecule has 0 radical (unpaired) electrons. The van der Waals surface area contributed by atoms with Crippen LogP contribution in [0.15, 0.2) is 12.2 Å². The predicted octanol–water partition coefficient (Wildman–Crippen LogP) is 1.73. The molecule has 0 fully saturated rings. The summed E-state index contributed by atoms with van der Waals surface area (Å²) in [5.41, 5.74) is 0. The van der Waals surface area contributed by atoms with Crippen molar-refractivity contribution >= 4 is 0 Å². The zero-order valence-electron chi connectivity index (χ0n) is 6.59. The Hall–Kier alpha value is -0.740. The summed E-state index contributed by atoms with van der Waals surface area (Å²) >= 11 is 0. The van der Waals surface area contributed by atoms with E-state index >= 15 is 0 Å². The Balaban J connectivity index is 3.48. The Bertz CT molecular complexity index is 148. The minimum atomic E-state index is -0.385. The van der Waals surface area contributed by atoms with Gasteiger partial charge in [-0.25, -0.2) is 0 Å². The van der Waals surface area contributed by atoms with Crippen molar-refractivity contribution in [2.45, 2.75) is 32.8 Å². The van der Waals surface area contributed by atoms with Crippen molar-refractivity contribution < 1.29 is 5.11 Å². The lowest BCUT2D eigenvalue weighted by molar-refractivity contribution is 0.229. The maximum Gasteiger partial charge on any atom is 0.0830 e. The number of rotatable bonds is 2. The summed E-state index contributed by atoms with van der Waals surface area (Å²) in [6, 6.07) is 0. The molecule has 0 amide bonds. The second kappa shape index (κ2) is 6.38. The first-order valence-electron chi connectivity index (χ1n) is 3.57. The Morgan fingerprint density at radius 1 is 1.50 bits per heavy atom. The van der Waals surface area contributed by atoms with Gasteiger partial charge in [0.25, 0.3) is 0 Å². The highest BCUT2D eigenvalue weighted by Crippen LogP contribution is 1.90. The van der Waals surface area contributed by atoms with Gasteiger partial charge >= 0.3 is 0 Å². The molecule has 56 valence electrons. The lowest BCUT2D eigenvalue weighted by atomic mass is 10.2. The second-order valence-electron chi connectivity index (χ2n) is 2.00.